The van der Waals surface area contributed by atoms with Crippen LogP contribution in [0.5, 0.6) is 0 Å². The molecule has 0 amide bonds. The van der Waals surface area contributed by atoms with Gasteiger partial charge < -0.3 is 10.2 Å². The average molecular weight is 142 g/mol. The van der Waals surface area contributed by atoms with Crippen molar-refractivity contribution in [3.63, 3.8) is 0 Å². The van der Waals surface area contributed by atoms with Gasteiger partial charge in [-0.15, -0.1) is 0 Å². The van der Waals surface area contributed by atoms with Crippen molar-refractivity contribution in [2.24, 2.45) is 0 Å². The molecule has 0 saturated heterocycles. The minimum absolute atomic E-state index is 0.418. The Kier molecular flexibility index (Phi) is 4.89. The summed E-state index contributed by atoms with van der Waals surface area (Å²) in [6.07, 6.45) is 5.85. The molecule has 0 heterocycles. The SMILES string of the molecule is CC(O)C=CC=CC(C)O. The summed E-state index contributed by atoms with van der Waals surface area (Å²) in [5.74, 6) is 0. The van der Waals surface area contributed by atoms with E-state index in [1.807, 2.05) is 0 Å². The maximum absolute atomic E-state index is 8.73. The molecule has 0 bridgehead atoms. The van der Waals surface area contributed by atoms with Crippen molar-refractivity contribution in [3.05, 3.63) is 24.3 Å². The lowest BCUT2D eigenvalue weighted by molar-refractivity contribution is 0.242. The molecule has 2 N–H and O–H groups in total. The van der Waals surface area contributed by atoms with Gasteiger partial charge in [-0.05, 0) is 13.8 Å². The van der Waals surface area contributed by atoms with Gasteiger partial charge in [-0.1, -0.05) is 24.3 Å². The van der Waals surface area contributed by atoms with Crippen molar-refractivity contribution in [1.82, 2.24) is 0 Å². The molecule has 0 aromatic carbocycles. The third-order valence-corrected chi connectivity index (χ3v) is 0.890. The van der Waals surface area contributed by atoms with Gasteiger partial charge in [0.1, 0.15) is 0 Å². The topological polar surface area (TPSA) is 40.5 Å². The van der Waals surface area contributed by atoms with E-state index in [0.717, 1.165) is 0 Å². The summed E-state index contributed by atoms with van der Waals surface area (Å²) in [6.45, 7) is 3.35. The fourth-order valence-electron chi connectivity index (χ4n) is 0.450. The van der Waals surface area contributed by atoms with Crippen LogP contribution in [0.3, 0.4) is 0 Å². The number of hydrogen-bond donors (Lipinski definition) is 2. The minimum atomic E-state index is -0.418. The zero-order valence-electron chi connectivity index (χ0n) is 6.36. The largest absolute Gasteiger partial charge is 0.389 e. The first kappa shape index (κ1) is 9.40. The van der Waals surface area contributed by atoms with Crippen LogP contribution in [0, 0.1) is 0 Å². The van der Waals surface area contributed by atoms with Gasteiger partial charge in [0.2, 0.25) is 0 Å². The van der Waals surface area contributed by atoms with Gasteiger partial charge in [-0.2, -0.15) is 0 Å². The molecule has 0 aromatic rings. The monoisotopic (exact) mass is 142 g/mol. The second-order valence-electron chi connectivity index (χ2n) is 2.25. The second kappa shape index (κ2) is 5.21. The molecule has 2 heteroatoms. The van der Waals surface area contributed by atoms with Crippen molar-refractivity contribution in [2.75, 3.05) is 0 Å². The molecule has 10 heavy (non-hydrogen) atoms. The van der Waals surface area contributed by atoms with Gasteiger partial charge in [0.25, 0.3) is 0 Å². The molecular weight excluding hydrogens is 128 g/mol. The van der Waals surface area contributed by atoms with Gasteiger partial charge in [0, 0.05) is 0 Å². The van der Waals surface area contributed by atoms with E-state index in [1.54, 1.807) is 38.2 Å². The molecule has 0 spiro atoms. The Hall–Kier alpha value is -0.600. The first-order valence-corrected chi connectivity index (χ1v) is 3.34. The highest BCUT2D eigenvalue weighted by molar-refractivity contribution is 5.05. The van der Waals surface area contributed by atoms with Crippen molar-refractivity contribution in [1.29, 1.82) is 0 Å². The van der Waals surface area contributed by atoms with Crippen molar-refractivity contribution >= 4 is 0 Å². The third kappa shape index (κ3) is 7.40. The maximum Gasteiger partial charge on any atom is 0.0695 e. The first-order valence-electron chi connectivity index (χ1n) is 3.34. The van der Waals surface area contributed by atoms with Gasteiger partial charge in [-0.25, -0.2) is 0 Å². The van der Waals surface area contributed by atoms with Crippen LogP contribution in [-0.4, -0.2) is 22.4 Å². The zero-order chi connectivity index (χ0) is 7.98. The lowest BCUT2D eigenvalue weighted by Crippen LogP contribution is -1.92. The highest BCUT2D eigenvalue weighted by atomic mass is 16.3. The normalized spacial score (nSPS) is 18.4. The molecule has 0 rings (SSSR count). The Balaban J connectivity index is 3.52. The molecule has 0 saturated carbocycles. The van der Waals surface area contributed by atoms with E-state index in [2.05, 4.69) is 0 Å². The summed E-state index contributed by atoms with van der Waals surface area (Å²) in [4.78, 5) is 0. The summed E-state index contributed by atoms with van der Waals surface area (Å²) in [7, 11) is 0. The summed E-state index contributed by atoms with van der Waals surface area (Å²) in [5, 5.41) is 17.5. The highest BCUT2D eigenvalue weighted by Crippen LogP contribution is 1.86. The van der Waals surface area contributed by atoms with Gasteiger partial charge in [0.15, 0.2) is 0 Å². The van der Waals surface area contributed by atoms with Crippen LogP contribution in [0.4, 0.5) is 0 Å². The zero-order valence-corrected chi connectivity index (χ0v) is 6.36. The predicted molar refractivity (Wildman–Crippen MR) is 41.6 cm³/mol. The molecule has 0 aliphatic heterocycles. The van der Waals surface area contributed by atoms with Crippen molar-refractivity contribution in [3.8, 4) is 0 Å². The lowest BCUT2D eigenvalue weighted by Gasteiger charge is -1.91. The van der Waals surface area contributed by atoms with Crippen LogP contribution in [0.2, 0.25) is 0 Å². The Labute approximate surface area is 61.5 Å². The van der Waals surface area contributed by atoms with Gasteiger partial charge in [-0.3, -0.25) is 0 Å². The number of aliphatic hydroxyl groups excluding tert-OH is 2. The Morgan fingerprint density at radius 2 is 1.20 bits per heavy atom. The Bertz CT molecular complexity index is 107. The van der Waals surface area contributed by atoms with E-state index >= 15 is 0 Å². The smallest absolute Gasteiger partial charge is 0.0695 e. The highest BCUT2D eigenvalue weighted by Gasteiger charge is 1.83. The van der Waals surface area contributed by atoms with Crippen LogP contribution in [0.15, 0.2) is 24.3 Å². The number of allylic oxidation sites excluding steroid dienone is 2. The summed E-state index contributed by atoms with van der Waals surface area (Å²) >= 11 is 0. The number of aliphatic hydroxyl groups is 2. The third-order valence-electron chi connectivity index (χ3n) is 0.890. The van der Waals surface area contributed by atoms with Crippen LogP contribution in [0.25, 0.3) is 0 Å². The second-order valence-corrected chi connectivity index (χ2v) is 2.25. The van der Waals surface area contributed by atoms with Crippen LogP contribution in [0.1, 0.15) is 13.8 Å². The molecule has 0 aliphatic rings. The maximum atomic E-state index is 8.73. The van der Waals surface area contributed by atoms with Gasteiger partial charge >= 0.3 is 0 Å². The van der Waals surface area contributed by atoms with E-state index in [4.69, 9.17) is 10.2 Å². The molecular formula is C8H14O2. The van der Waals surface area contributed by atoms with Gasteiger partial charge in [0.05, 0.1) is 12.2 Å². The van der Waals surface area contributed by atoms with E-state index < -0.39 is 12.2 Å². The van der Waals surface area contributed by atoms with E-state index in [-0.39, 0.29) is 0 Å². The first-order chi connectivity index (χ1) is 4.63. The summed E-state index contributed by atoms with van der Waals surface area (Å²) in [6, 6.07) is 0. The Morgan fingerprint density at radius 3 is 1.40 bits per heavy atom. The molecule has 0 aliphatic carbocycles. The van der Waals surface area contributed by atoms with Crippen molar-refractivity contribution in [2.45, 2.75) is 26.1 Å². The number of hydrogen-bond acceptors (Lipinski definition) is 2. The molecule has 0 radical (unpaired) electrons. The predicted octanol–water partition coefficient (Wildman–Crippen LogP) is 0.860. The standard InChI is InChI=1S/C8H14O2/c1-7(9)5-3-4-6-8(2)10/h3-10H,1-2H3. The van der Waals surface area contributed by atoms with Crippen molar-refractivity contribution < 1.29 is 10.2 Å². The minimum Gasteiger partial charge on any atom is -0.389 e. The molecule has 0 aromatic heterocycles. The quantitative estimate of drug-likeness (QED) is 0.574. The number of rotatable bonds is 3. The fourth-order valence-corrected chi connectivity index (χ4v) is 0.450. The summed E-state index contributed by atoms with van der Waals surface area (Å²) < 4.78 is 0. The van der Waals surface area contributed by atoms with E-state index in [0.29, 0.717) is 0 Å². The van der Waals surface area contributed by atoms with E-state index in [1.165, 1.54) is 0 Å². The van der Waals surface area contributed by atoms with Crippen LogP contribution >= 0.6 is 0 Å². The average Bonchev–Trinajstić information content (AvgIpc) is 1.79. The van der Waals surface area contributed by atoms with Crippen LogP contribution < -0.4 is 0 Å². The molecule has 2 unspecified atom stereocenters. The molecule has 2 atom stereocenters. The van der Waals surface area contributed by atoms with E-state index in [9.17, 15) is 0 Å². The summed E-state index contributed by atoms with van der Waals surface area (Å²) in [5.41, 5.74) is 0. The Morgan fingerprint density at radius 1 is 0.900 bits per heavy atom. The molecule has 58 valence electrons. The molecule has 2 nitrogen and oxygen atoms in total. The van der Waals surface area contributed by atoms with Crippen LogP contribution in [-0.2, 0) is 0 Å². The lowest BCUT2D eigenvalue weighted by atomic mass is 10.3. The fraction of sp³-hybridized carbons (Fsp3) is 0.500. The molecule has 0 fully saturated rings.